The molecule has 3 N–H and O–H groups in total. The molecule has 0 aliphatic rings. The number of aromatic nitrogens is 1. The molecule has 2 aromatic rings. The van der Waals surface area contributed by atoms with Crippen molar-refractivity contribution in [3.8, 4) is 0 Å². The summed E-state index contributed by atoms with van der Waals surface area (Å²) < 4.78 is 0. The third kappa shape index (κ3) is 2.78. The van der Waals surface area contributed by atoms with E-state index in [0.29, 0.717) is 10.0 Å². The number of halogens is 1. The minimum absolute atomic E-state index is 0.334. The molecule has 2 rings (SSSR count). The van der Waals surface area contributed by atoms with E-state index in [1.54, 1.807) is 18.5 Å². The molecular formula is C13H12ClN3S. The lowest BCUT2D eigenvalue weighted by molar-refractivity contribution is 1.28. The van der Waals surface area contributed by atoms with Crippen molar-refractivity contribution in [2.75, 3.05) is 5.32 Å². The molecule has 0 bridgehead atoms. The van der Waals surface area contributed by atoms with Gasteiger partial charge in [-0.15, -0.1) is 0 Å². The average Bonchev–Trinajstić information content (AvgIpc) is 2.34. The van der Waals surface area contributed by atoms with Crippen LogP contribution in [0.2, 0.25) is 5.02 Å². The summed E-state index contributed by atoms with van der Waals surface area (Å²) in [6.45, 7) is 2.00. The first-order valence-electron chi connectivity index (χ1n) is 5.35. The third-order valence-electron chi connectivity index (χ3n) is 2.56. The van der Waals surface area contributed by atoms with Crippen LogP contribution in [0.4, 0.5) is 11.4 Å². The summed E-state index contributed by atoms with van der Waals surface area (Å²) in [5, 5.41) is 3.80. The van der Waals surface area contributed by atoms with Crippen molar-refractivity contribution in [1.29, 1.82) is 0 Å². The van der Waals surface area contributed by atoms with Gasteiger partial charge in [0, 0.05) is 11.8 Å². The fourth-order valence-corrected chi connectivity index (χ4v) is 1.86. The number of aryl methyl sites for hydroxylation is 1. The van der Waals surface area contributed by atoms with Crippen molar-refractivity contribution in [3.05, 3.63) is 52.8 Å². The lowest BCUT2D eigenvalue weighted by atomic mass is 10.2. The van der Waals surface area contributed by atoms with Crippen molar-refractivity contribution < 1.29 is 0 Å². The molecule has 0 saturated heterocycles. The Morgan fingerprint density at radius 2 is 2.11 bits per heavy atom. The second-order valence-corrected chi connectivity index (χ2v) is 4.72. The van der Waals surface area contributed by atoms with Crippen LogP contribution in [0.1, 0.15) is 11.1 Å². The summed E-state index contributed by atoms with van der Waals surface area (Å²) in [5.74, 6) is 0. The van der Waals surface area contributed by atoms with Crippen LogP contribution < -0.4 is 11.1 Å². The Labute approximate surface area is 116 Å². The lowest BCUT2D eigenvalue weighted by Gasteiger charge is -2.11. The third-order valence-corrected chi connectivity index (χ3v) is 3.11. The molecule has 1 heterocycles. The number of nitrogens with zero attached hydrogens (tertiary/aromatic N) is 1. The van der Waals surface area contributed by atoms with Crippen molar-refractivity contribution in [3.63, 3.8) is 0 Å². The summed E-state index contributed by atoms with van der Waals surface area (Å²) >= 11 is 11.1. The standard InChI is InChI=1S/C13H12ClN3S/c1-8-4-5-16-7-12(8)17-11-3-2-9(13(15)18)6-10(11)14/h2-7,17H,1H3,(H2,15,18). The molecule has 0 fully saturated rings. The predicted octanol–water partition coefficient (Wildman–Crippen LogP) is 3.42. The number of thiocarbonyl (C=S) groups is 1. The van der Waals surface area contributed by atoms with E-state index in [4.69, 9.17) is 29.6 Å². The second-order valence-electron chi connectivity index (χ2n) is 3.87. The molecule has 18 heavy (non-hydrogen) atoms. The van der Waals surface area contributed by atoms with Gasteiger partial charge in [-0.25, -0.2) is 0 Å². The number of hydrogen-bond acceptors (Lipinski definition) is 3. The second kappa shape index (κ2) is 5.33. The number of anilines is 2. The quantitative estimate of drug-likeness (QED) is 0.844. The van der Waals surface area contributed by atoms with Gasteiger partial charge in [0.2, 0.25) is 0 Å². The predicted molar refractivity (Wildman–Crippen MR) is 79.6 cm³/mol. The number of nitrogens with two attached hydrogens (primary N) is 1. The maximum Gasteiger partial charge on any atom is 0.104 e. The molecule has 5 heteroatoms. The van der Waals surface area contributed by atoms with Crippen LogP contribution in [0.25, 0.3) is 0 Å². The van der Waals surface area contributed by atoms with Gasteiger partial charge in [0.25, 0.3) is 0 Å². The maximum absolute atomic E-state index is 6.18. The molecule has 1 aromatic carbocycles. The van der Waals surface area contributed by atoms with Crippen molar-refractivity contribution in [2.45, 2.75) is 6.92 Å². The lowest BCUT2D eigenvalue weighted by Crippen LogP contribution is -2.09. The highest BCUT2D eigenvalue weighted by molar-refractivity contribution is 7.80. The van der Waals surface area contributed by atoms with Crippen molar-refractivity contribution >= 4 is 40.2 Å². The highest BCUT2D eigenvalue weighted by Gasteiger charge is 2.05. The van der Waals surface area contributed by atoms with Gasteiger partial charge >= 0.3 is 0 Å². The molecule has 3 nitrogen and oxygen atoms in total. The summed E-state index contributed by atoms with van der Waals surface area (Å²) in [7, 11) is 0. The maximum atomic E-state index is 6.18. The van der Waals surface area contributed by atoms with Gasteiger partial charge in [-0.3, -0.25) is 4.98 Å². The van der Waals surface area contributed by atoms with E-state index in [-0.39, 0.29) is 0 Å². The van der Waals surface area contributed by atoms with Crippen molar-refractivity contribution in [2.24, 2.45) is 5.73 Å². The van der Waals surface area contributed by atoms with E-state index in [1.165, 1.54) is 0 Å². The fraction of sp³-hybridized carbons (Fsp3) is 0.0769. The first kappa shape index (κ1) is 12.8. The van der Waals surface area contributed by atoms with E-state index < -0.39 is 0 Å². The Bertz CT molecular complexity index is 599. The van der Waals surface area contributed by atoms with Crippen LogP contribution in [0, 0.1) is 6.92 Å². The zero-order valence-corrected chi connectivity index (χ0v) is 11.3. The molecule has 92 valence electrons. The largest absolute Gasteiger partial charge is 0.389 e. The van der Waals surface area contributed by atoms with Crippen molar-refractivity contribution in [1.82, 2.24) is 4.98 Å². The highest BCUT2D eigenvalue weighted by Crippen LogP contribution is 2.27. The van der Waals surface area contributed by atoms with Crippen LogP contribution in [-0.4, -0.2) is 9.97 Å². The summed E-state index contributed by atoms with van der Waals surface area (Å²) in [5.41, 5.74) is 9.12. The van der Waals surface area contributed by atoms with Gasteiger partial charge in [0.05, 0.1) is 22.6 Å². The molecule has 1 aromatic heterocycles. The zero-order chi connectivity index (χ0) is 13.1. The topological polar surface area (TPSA) is 50.9 Å². The number of hydrogen-bond donors (Lipinski definition) is 2. The molecule has 0 saturated carbocycles. The Morgan fingerprint density at radius 3 is 2.72 bits per heavy atom. The Hall–Kier alpha value is -1.65. The number of rotatable bonds is 3. The SMILES string of the molecule is Cc1ccncc1Nc1ccc(C(N)=S)cc1Cl. The Morgan fingerprint density at radius 1 is 1.33 bits per heavy atom. The normalized spacial score (nSPS) is 10.1. The first-order valence-corrected chi connectivity index (χ1v) is 6.13. The Kier molecular flexibility index (Phi) is 3.79. The van der Waals surface area contributed by atoms with Crippen LogP contribution in [0.5, 0.6) is 0 Å². The molecular weight excluding hydrogens is 266 g/mol. The number of nitrogens with one attached hydrogen (secondary N) is 1. The Balaban J connectivity index is 2.30. The van der Waals surface area contributed by atoms with Crippen LogP contribution >= 0.6 is 23.8 Å². The van der Waals surface area contributed by atoms with Gasteiger partial charge in [0.1, 0.15) is 4.99 Å². The molecule has 0 radical (unpaired) electrons. The van der Waals surface area contributed by atoms with Crippen LogP contribution in [-0.2, 0) is 0 Å². The average molecular weight is 278 g/mol. The van der Waals surface area contributed by atoms with Gasteiger partial charge in [-0.05, 0) is 36.8 Å². The number of benzene rings is 1. The summed E-state index contributed by atoms with van der Waals surface area (Å²) in [6, 6.07) is 7.36. The van der Waals surface area contributed by atoms with E-state index in [9.17, 15) is 0 Å². The highest BCUT2D eigenvalue weighted by atomic mass is 35.5. The van der Waals surface area contributed by atoms with E-state index in [1.807, 2.05) is 25.1 Å². The van der Waals surface area contributed by atoms with Crippen LogP contribution in [0.3, 0.4) is 0 Å². The minimum Gasteiger partial charge on any atom is -0.389 e. The van der Waals surface area contributed by atoms with Gasteiger partial charge in [-0.2, -0.15) is 0 Å². The summed E-state index contributed by atoms with van der Waals surface area (Å²) in [6.07, 6.45) is 3.51. The van der Waals surface area contributed by atoms with E-state index in [0.717, 1.165) is 22.5 Å². The molecule has 0 spiro atoms. The van der Waals surface area contributed by atoms with Gasteiger partial charge in [0.15, 0.2) is 0 Å². The molecule has 0 unspecified atom stereocenters. The fourth-order valence-electron chi connectivity index (χ4n) is 1.51. The molecule has 0 aliphatic heterocycles. The zero-order valence-electron chi connectivity index (χ0n) is 9.77. The molecule has 0 atom stereocenters. The number of pyridine rings is 1. The summed E-state index contributed by atoms with van der Waals surface area (Å²) in [4.78, 5) is 4.41. The van der Waals surface area contributed by atoms with Crippen LogP contribution in [0.15, 0.2) is 36.7 Å². The monoisotopic (exact) mass is 277 g/mol. The van der Waals surface area contributed by atoms with Gasteiger partial charge < -0.3 is 11.1 Å². The smallest absolute Gasteiger partial charge is 0.104 e. The molecule has 0 amide bonds. The first-order chi connectivity index (χ1) is 8.58. The molecule has 0 aliphatic carbocycles. The minimum atomic E-state index is 0.334. The van der Waals surface area contributed by atoms with E-state index in [2.05, 4.69) is 10.3 Å². The van der Waals surface area contributed by atoms with Gasteiger partial charge in [-0.1, -0.05) is 23.8 Å². The van der Waals surface area contributed by atoms with E-state index >= 15 is 0 Å².